The van der Waals surface area contributed by atoms with E-state index in [0.717, 1.165) is 28.9 Å². The van der Waals surface area contributed by atoms with E-state index in [2.05, 4.69) is 15.5 Å². The lowest BCUT2D eigenvalue weighted by Gasteiger charge is -2.15. The molecule has 0 spiro atoms. The van der Waals surface area contributed by atoms with Gasteiger partial charge >= 0.3 is 6.03 Å². The summed E-state index contributed by atoms with van der Waals surface area (Å²) in [5, 5.41) is 15.7. The van der Waals surface area contributed by atoms with Crippen molar-refractivity contribution in [2.45, 2.75) is 19.6 Å². The Morgan fingerprint density at radius 1 is 1.17 bits per heavy atom. The van der Waals surface area contributed by atoms with E-state index in [1.807, 2.05) is 69.6 Å². The Labute approximate surface area is 143 Å². The Morgan fingerprint density at radius 3 is 2.62 bits per heavy atom. The lowest BCUT2D eigenvalue weighted by atomic mass is 10.0. The second kappa shape index (κ2) is 8.47. The van der Waals surface area contributed by atoms with Crippen molar-refractivity contribution in [3.05, 3.63) is 65.2 Å². The zero-order chi connectivity index (χ0) is 17.5. The van der Waals surface area contributed by atoms with Gasteiger partial charge in [0.05, 0.1) is 6.10 Å². The first kappa shape index (κ1) is 18.0. The molecule has 0 radical (unpaired) electrons. The van der Waals surface area contributed by atoms with Gasteiger partial charge < -0.3 is 20.6 Å². The molecule has 3 N–H and O–H groups in total. The zero-order valence-electron chi connectivity index (χ0n) is 14.4. The monoisotopic (exact) mass is 327 g/mol. The molecule has 0 aliphatic rings. The fraction of sp³-hybridized carbons (Fsp3) is 0.316. The fourth-order valence-electron chi connectivity index (χ4n) is 2.55. The van der Waals surface area contributed by atoms with Crippen molar-refractivity contribution >= 4 is 11.7 Å². The number of aryl methyl sites for hydroxylation is 1. The average Bonchev–Trinajstić information content (AvgIpc) is 2.53. The van der Waals surface area contributed by atoms with Crippen molar-refractivity contribution < 1.29 is 9.90 Å². The van der Waals surface area contributed by atoms with Crippen LogP contribution in [0.1, 0.15) is 22.8 Å². The van der Waals surface area contributed by atoms with E-state index in [4.69, 9.17) is 0 Å². The molecule has 0 heterocycles. The highest BCUT2D eigenvalue weighted by Crippen LogP contribution is 2.16. The zero-order valence-corrected chi connectivity index (χ0v) is 14.4. The van der Waals surface area contributed by atoms with Gasteiger partial charge in [-0.1, -0.05) is 36.4 Å². The normalized spacial score (nSPS) is 12.0. The van der Waals surface area contributed by atoms with Crippen LogP contribution in [0.2, 0.25) is 0 Å². The smallest absolute Gasteiger partial charge is 0.319 e. The van der Waals surface area contributed by atoms with Gasteiger partial charge in [-0.15, -0.1) is 0 Å². The number of amides is 2. The van der Waals surface area contributed by atoms with Crippen LogP contribution >= 0.6 is 0 Å². The number of nitrogens with one attached hydrogen (secondary N) is 2. The molecule has 1 atom stereocenters. The molecule has 2 amide bonds. The molecule has 1 unspecified atom stereocenters. The van der Waals surface area contributed by atoms with E-state index in [-0.39, 0.29) is 12.6 Å². The molecular formula is C19H25N3O2. The number of anilines is 1. The number of urea groups is 1. The predicted octanol–water partition coefficient (Wildman–Crippen LogP) is 2.91. The number of rotatable bonds is 6. The summed E-state index contributed by atoms with van der Waals surface area (Å²) in [6.45, 7) is 2.91. The lowest BCUT2D eigenvalue weighted by Crippen LogP contribution is -2.32. The van der Waals surface area contributed by atoms with Crippen molar-refractivity contribution in [1.82, 2.24) is 10.2 Å². The molecule has 0 fully saturated rings. The Kier molecular flexibility index (Phi) is 6.35. The van der Waals surface area contributed by atoms with E-state index in [0.29, 0.717) is 0 Å². The molecule has 2 rings (SSSR count). The number of hydrogen-bond donors (Lipinski definition) is 3. The highest BCUT2D eigenvalue weighted by molar-refractivity contribution is 5.89. The third-order valence-electron chi connectivity index (χ3n) is 3.69. The van der Waals surface area contributed by atoms with Crippen LogP contribution < -0.4 is 10.6 Å². The number of benzene rings is 2. The van der Waals surface area contributed by atoms with Crippen molar-refractivity contribution in [3.63, 3.8) is 0 Å². The average molecular weight is 327 g/mol. The Morgan fingerprint density at radius 2 is 1.92 bits per heavy atom. The molecule has 0 aliphatic heterocycles. The van der Waals surface area contributed by atoms with Gasteiger partial charge in [-0.25, -0.2) is 4.79 Å². The number of nitrogens with zero attached hydrogens (tertiary/aromatic N) is 1. The first-order valence-electron chi connectivity index (χ1n) is 7.98. The molecule has 5 heteroatoms. The van der Waals surface area contributed by atoms with Crippen LogP contribution in [0.4, 0.5) is 10.5 Å². The highest BCUT2D eigenvalue weighted by Gasteiger charge is 2.11. The number of hydrogen-bond acceptors (Lipinski definition) is 3. The SMILES string of the molecule is Cc1ccccc1C(O)CNC(=O)Nc1cccc(CN(C)C)c1. The minimum atomic E-state index is -0.725. The van der Waals surface area contributed by atoms with Crippen LogP contribution in [0.3, 0.4) is 0 Å². The summed E-state index contributed by atoms with van der Waals surface area (Å²) in [7, 11) is 4.00. The molecular weight excluding hydrogens is 302 g/mol. The second-order valence-corrected chi connectivity index (χ2v) is 6.15. The molecule has 0 saturated heterocycles. The molecule has 2 aromatic rings. The largest absolute Gasteiger partial charge is 0.387 e. The van der Waals surface area contributed by atoms with Gasteiger partial charge in [0.15, 0.2) is 0 Å². The summed E-state index contributed by atoms with van der Waals surface area (Å²) in [5.41, 5.74) is 3.68. The van der Waals surface area contributed by atoms with Crippen molar-refractivity contribution in [2.24, 2.45) is 0 Å². The Hall–Kier alpha value is -2.37. The highest BCUT2D eigenvalue weighted by atomic mass is 16.3. The van der Waals surface area contributed by atoms with Gasteiger partial charge in [0, 0.05) is 18.8 Å². The van der Waals surface area contributed by atoms with Crippen LogP contribution in [0.25, 0.3) is 0 Å². The number of carbonyl (C=O) groups is 1. The number of carbonyl (C=O) groups excluding carboxylic acids is 1. The summed E-state index contributed by atoms with van der Waals surface area (Å²) < 4.78 is 0. The van der Waals surface area contributed by atoms with Gasteiger partial charge in [-0.2, -0.15) is 0 Å². The standard InChI is InChI=1S/C19H25N3O2/c1-14-7-4-5-10-17(14)18(23)12-20-19(24)21-16-9-6-8-15(11-16)13-22(2)3/h4-11,18,23H,12-13H2,1-3H3,(H2,20,21,24). The Balaban J connectivity index is 1.88. The third kappa shape index (κ3) is 5.37. The van der Waals surface area contributed by atoms with E-state index in [9.17, 15) is 9.90 Å². The maximum Gasteiger partial charge on any atom is 0.319 e. The molecule has 0 aliphatic carbocycles. The Bertz CT molecular complexity index is 686. The third-order valence-corrected chi connectivity index (χ3v) is 3.69. The maximum atomic E-state index is 12.0. The van der Waals surface area contributed by atoms with Gasteiger partial charge in [-0.3, -0.25) is 0 Å². The van der Waals surface area contributed by atoms with Crippen molar-refractivity contribution in [1.29, 1.82) is 0 Å². The molecule has 0 bridgehead atoms. The van der Waals surface area contributed by atoms with Gasteiger partial charge in [0.2, 0.25) is 0 Å². The molecule has 0 aromatic heterocycles. The molecule has 24 heavy (non-hydrogen) atoms. The quantitative estimate of drug-likeness (QED) is 0.764. The van der Waals surface area contributed by atoms with Crippen molar-refractivity contribution in [3.8, 4) is 0 Å². The summed E-state index contributed by atoms with van der Waals surface area (Å²) >= 11 is 0. The van der Waals surface area contributed by atoms with Gasteiger partial charge in [-0.05, 0) is 49.8 Å². The summed E-state index contributed by atoms with van der Waals surface area (Å²) in [6, 6.07) is 15.0. The van der Waals surface area contributed by atoms with Crippen LogP contribution in [0.15, 0.2) is 48.5 Å². The van der Waals surface area contributed by atoms with E-state index < -0.39 is 6.10 Å². The van der Waals surface area contributed by atoms with Crippen LogP contribution in [-0.2, 0) is 6.54 Å². The van der Waals surface area contributed by atoms with E-state index in [1.165, 1.54) is 0 Å². The molecule has 0 saturated carbocycles. The first-order valence-corrected chi connectivity index (χ1v) is 7.98. The lowest BCUT2D eigenvalue weighted by molar-refractivity contribution is 0.174. The molecule has 128 valence electrons. The summed E-state index contributed by atoms with van der Waals surface area (Å²) in [5.74, 6) is 0. The minimum Gasteiger partial charge on any atom is -0.387 e. The van der Waals surface area contributed by atoms with Crippen LogP contribution in [-0.4, -0.2) is 36.7 Å². The van der Waals surface area contributed by atoms with Gasteiger partial charge in [0.1, 0.15) is 0 Å². The molecule has 5 nitrogen and oxygen atoms in total. The number of aliphatic hydroxyl groups excluding tert-OH is 1. The van der Waals surface area contributed by atoms with E-state index >= 15 is 0 Å². The molecule has 2 aromatic carbocycles. The summed E-state index contributed by atoms with van der Waals surface area (Å²) in [4.78, 5) is 14.1. The van der Waals surface area contributed by atoms with Crippen molar-refractivity contribution in [2.75, 3.05) is 26.0 Å². The minimum absolute atomic E-state index is 0.161. The first-order chi connectivity index (χ1) is 11.5. The summed E-state index contributed by atoms with van der Waals surface area (Å²) in [6.07, 6.45) is -0.725. The predicted molar refractivity (Wildman–Crippen MR) is 97.0 cm³/mol. The van der Waals surface area contributed by atoms with E-state index in [1.54, 1.807) is 0 Å². The number of aliphatic hydroxyl groups is 1. The van der Waals surface area contributed by atoms with Crippen LogP contribution in [0, 0.1) is 6.92 Å². The fourth-order valence-corrected chi connectivity index (χ4v) is 2.55. The van der Waals surface area contributed by atoms with Crippen LogP contribution in [0.5, 0.6) is 0 Å². The maximum absolute atomic E-state index is 12.0. The van der Waals surface area contributed by atoms with Gasteiger partial charge in [0.25, 0.3) is 0 Å². The topological polar surface area (TPSA) is 64.6 Å². The second-order valence-electron chi connectivity index (χ2n) is 6.15.